The molecule has 0 unspecified atom stereocenters. The molecule has 1 aromatic rings. The van der Waals surface area contributed by atoms with Crippen molar-refractivity contribution in [1.82, 2.24) is 4.90 Å². The number of nitrogens with zero attached hydrogens (tertiary/aromatic N) is 1. The number of hydrogen-bond donors (Lipinski definition) is 1. The molecule has 1 heterocycles. The molecule has 16 heavy (non-hydrogen) atoms. The van der Waals surface area contributed by atoms with E-state index in [1.807, 2.05) is 4.90 Å². The van der Waals surface area contributed by atoms with Crippen LogP contribution in [0.2, 0.25) is 0 Å². The molecule has 1 aromatic carbocycles. The van der Waals surface area contributed by atoms with E-state index in [9.17, 15) is 4.79 Å². The fraction of sp³-hybridized carbons (Fsp3) is 0.462. The summed E-state index contributed by atoms with van der Waals surface area (Å²) in [6.07, 6.45) is 1.04. The van der Waals surface area contributed by atoms with Crippen molar-refractivity contribution in [3.05, 3.63) is 29.8 Å². The highest BCUT2D eigenvalue weighted by atomic mass is 16.2. The Morgan fingerprint density at radius 1 is 1.50 bits per heavy atom. The first-order valence-electron chi connectivity index (χ1n) is 5.74. The van der Waals surface area contributed by atoms with Crippen molar-refractivity contribution in [2.24, 2.45) is 0 Å². The Bertz CT molecular complexity index is 389. The lowest BCUT2D eigenvalue weighted by Crippen LogP contribution is -2.29. The molecule has 0 radical (unpaired) electrons. The predicted octanol–water partition coefficient (Wildman–Crippen LogP) is 2.03. The summed E-state index contributed by atoms with van der Waals surface area (Å²) in [5.74, 6) is 0.175. The van der Waals surface area contributed by atoms with Crippen LogP contribution in [-0.4, -0.2) is 29.9 Å². The van der Waals surface area contributed by atoms with Gasteiger partial charge in [-0.1, -0.05) is 12.1 Å². The Labute approximate surface area is 96.5 Å². The average Bonchev–Trinajstić information content (AvgIpc) is 2.66. The minimum atomic E-state index is 0.175. The summed E-state index contributed by atoms with van der Waals surface area (Å²) in [6.45, 7) is 5.42. The molecule has 1 atom stereocenters. The van der Waals surface area contributed by atoms with Gasteiger partial charge in [-0.2, -0.15) is 0 Å². The second-order valence-corrected chi connectivity index (χ2v) is 4.46. The van der Waals surface area contributed by atoms with Crippen molar-refractivity contribution < 1.29 is 4.79 Å². The number of hydrogen-bond acceptors (Lipinski definition) is 2. The van der Waals surface area contributed by atoms with Crippen molar-refractivity contribution in [1.29, 1.82) is 0 Å². The van der Waals surface area contributed by atoms with Crippen molar-refractivity contribution in [2.75, 3.05) is 18.4 Å². The lowest BCUT2D eigenvalue weighted by Gasteiger charge is -2.16. The van der Waals surface area contributed by atoms with Crippen LogP contribution in [-0.2, 0) is 4.79 Å². The molecule has 0 aliphatic carbocycles. The monoisotopic (exact) mass is 218 g/mol. The first-order chi connectivity index (χ1) is 7.65. The van der Waals surface area contributed by atoms with Gasteiger partial charge in [-0.05, 0) is 31.0 Å². The van der Waals surface area contributed by atoms with Crippen LogP contribution in [0.15, 0.2) is 24.3 Å². The Morgan fingerprint density at radius 3 is 2.94 bits per heavy atom. The number of carbonyl (C=O) groups excluding carboxylic acids is 1. The molecule has 1 saturated heterocycles. The predicted molar refractivity (Wildman–Crippen MR) is 65.5 cm³/mol. The summed E-state index contributed by atoms with van der Waals surface area (Å²) in [6, 6.07) is 8.74. The fourth-order valence-electron chi connectivity index (χ4n) is 2.13. The Morgan fingerprint density at radius 2 is 2.31 bits per heavy atom. The van der Waals surface area contributed by atoms with E-state index in [2.05, 4.69) is 36.5 Å². The zero-order valence-corrected chi connectivity index (χ0v) is 9.86. The fourth-order valence-corrected chi connectivity index (χ4v) is 2.13. The van der Waals surface area contributed by atoms with Crippen molar-refractivity contribution >= 4 is 11.6 Å². The summed E-state index contributed by atoms with van der Waals surface area (Å²) < 4.78 is 0. The Kier molecular flexibility index (Phi) is 3.13. The summed E-state index contributed by atoms with van der Waals surface area (Å²) in [7, 11) is 0. The van der Waals surface area contributed by atoms with E-state index < -0.39 is 0 Å². The minimum Gasteiger partial charge on any atom is -0.380 e. The second-order valence-electron chi connectivity index (χ2n) is 4.46. The van der Waals surface area contributed by atoms with Gasteiger partial charge in [0, 0.05) is 31.7 Å². The highest BCUT2D eigenvalue weighted by molar-refractivity contribution is 5.73. The zero-order chi connectivity index (χ0) is 11.5. The molecule has 2 rings (SSSR count). The third kappa shape index (κ3) is 2.54. The van der Waals surface area contributed by atoms with Gasteiger partial charge in [0.2, 0.25) is 5.91 Å². The quantitative estimate of drug-likeness (QED) is 0.823. The third-order valence-electron chi connectivity index (χ3n) is 3.02. The second kappa shape index (κ2) is 4.56. The van der Waals surface area contributed by atoms with Crippen LogP contribution in [0, 0.1) is 6.92 Å². The van der Waals surface area contributed by atoms with Crippen molar-refractivity contribution in [2.45, 2.75) is 26.3 Å². The normalized spacial score (nSPS) is 19.9. The van der Waals surface area contributed by atoms with Crippen LogP contribution in [0.3, 0.4) is 0 Å². The smallest absolute Gasteiger partial charge is 0.219 e. The number of anilines is 1. The molecule has 0 saturated carbocycles. The highest BCUT2D eigenvalue weighted by Gasteiger charge is 2.23. The summed E-state index contributed by atoms with van der Waals surface area (Å²) in [4.78, 5) is 13.1. The van der Waals surface area contributed by atoms with Gasteiger partial charge < -0.3 is 10.2 Å². The molecule has 0 spiro atoms. The average molecular weight is 218 g/mol. The van der Waals surface area contributed by atoms with Gasteiger partial charge in [-0.3, -0.25) is 4.79 Å². The number of likely N-dealkylation sites (tertiary alicyclic amines) is 1. The maximum Gasteiger partial charge on any atom is 0.219 e. The highest BCUT2D eigenvalue weighted by Crippen LogP contribution is 2.16. The maximum atomic E-state index is 11.2. The number of rotatable bonds is 2. The van der Waals surface area contributed by atoms with E-state index in [-0.39, 0.29) is 5.91 Å². The molecule has 1 aliphatic rings. The van der Waals surface area contributed by atoms with E-state index in [1.54, 1.807) is 6.92 Å². The van der Waals surface area contributed by atoms with E-state index in [0.717, 1.165) is 25.2 Å². The number of carbonyl (C=O) groups is 1. The van der Waals surface area contributed by atoms with Gasteiger partial charge in [0.1, 0.15) is 0 Å². The number of nitrogens with one attached hydrogen (secondary N) is 1. The van der Waals surface area contributed by atoms with Gasteiger partial charge in [-0.25, -0.2) is 0 Å². The Balaban J connectivity index is 1.94. The van der Waals surface area contributed by atoms with Gasteiger partial charge in [0.05, 0.1) is 0 Å². The lowest BCUT2D eigenvalue weighted by atomic mass is 10.2. The largest absolute Gasteiger partial charge is 0.380 e. The van der Waals surface area contributed by atoms with Crippen LogP contribution in [0.5, 0.6) is 0 Å². The maximum absolute atomic E-state index is 11.2. The van der Waals surface area contributed by atoms with E-state index >= 15 is 0 Å². The molecule has 3 heteroatoms. The SMILES string of the molecule is CC(=O)N1CC[C@@H](Nc2cccc(C)c2)C1. The molecule has 1 aliphatic heterocycles. The Hall–Kier alpha value is -1.51. The van der Waals surface area contributed by atoms with Gasteiger partial charge in [0.15, 0.2) is 0 Å². The molecule has 1 N–H and O–H groups in total. The summed E-state index contributed by atoms with van der Waals surface area (Å²) in [5, 5.41) is 3.47. The number of aryl methyl sites for hydroxylation is 1. The first kappa shape index (κ1) is 11.0. The van der Waals surface area contributed by atoms with Crippen LogP contribution in [0.4, 0.5) is 5.69 Å². The minimum absolute atomic E-state index is 0.175. The van der Waals surface area contributed by atoms with Crippen LogP contribution >= 0.6 is 0 Å². The first-order valence-corrected chi connectivity index (χ1v) is 5.74. The molecule has 0 bridgehead atoms. The van der Waals surface area contributed by atoms with E-state index in [4.69, 9.17) is 0 Å². The molecule has 0 aromatic heterocycles. The van der Waals surface area contributed by atoms with Crippen LogP contribution < -0.4 is 5.32 Å². The number of benzene rings is 1. The third-order valence-corrected chi connectivity index (χ3v) is 3.02. The molecular weight excluding hydrogens is 200 g/mol. The van der Waals surface area contributed by atoms with Crippen LogP contribution in [0.25, 0.3) is 0 Å². The van der Waals surface area contributed by atoms with Gasteiger partial charge >= 0.3 is 0 Å². The molecule has 1 amide bonds. The van der Waals surface area contributed by atoms with Crippen molar-refractivity contribution in [3.63, 3.8) is 0 Å². The van der Waals surface area contributed by atoms with Gasteiger partial charge in [-0.15, -0.1) is 0 Å². The molecular formula is C13H18N2O. The van der Waals surface area contributed by atoms with E-state index in [1.165, 1.54) is 5.56 Å². The standard InChI is InChI=1S/C13H18N2O/c1-10-4-3-5-12(8-10)14-13-6-7-15(9-13)11(2)16/h3-5,8,13-14H,6-7,9H2,1-2H3/t13-/m1/s1. The molecule has 86 valence electrons. The number of amides is 1. The molecule has 1 fully saturated rings. The lowest BCUT2D eigenvalue weighted by molar-refractivity contribution is -0.127. The topological polar surface area (TPSA) is 32.3 Å². The zero-order valence-electron chi connectivity index (χ0n) is 9.86. The molecule has 3 nitrogen and oxygen atoms in total. The van der Waals surface area contributed by atoms with Crippen molar-refractivity contribution in [3.8, 4) is 0 Å². The van der Waals surface area contributed by atoms with Gasteiger partial charge in [0.25, 0.3) is 0 Å². The summed E-state index contributed by atoms with van der Waals surface area (Å²) in [5.41, 5.74) is 2.40. The van der Waals surface area contributed by atoms with Crippen LogP contribution in [0.1, 0.15) is 18.9 Å². The van der Waals surface area contributed by atoms with E-state index in [0.29, 0.717) is 6.04 Å². The summed E-state index contributed by atoms with van der Waals surface area (Å²) >= 11 is 0.